The smallest absolute Gasteiger partial charge is 0.128 e. The first-order valence-electron chi connectivity index (χ1n) is 7.41. The number of rotatable bonds is 7. The summed E-state index contributed by atoms with van der Waals surface area (Å²) in [6.07, 6.45) is 2.21. The van der Waals surface area contributed by atoms with Gasteiger partial charge in [-0.2, -0.15) is 0 Å². The molecule has 2 aromatic carbocycles. The molecule has 0 aliphatic carbocycles. The van der Waals surface area contributed by atoms with Crippen molar-refractivity contribution in [2.75, 3.05) is 11.9 Å². The van der Waals surface area contributed by atoms with Gasteiger partial charge in [-0.05, 0) is 43.2 Å². The lowest BCUT2D eigenvalue weighted by Crippen LogP contribution is -2.02. The maximum atomic E-state index is 13.4. The van der Waals surface area contributed by atoms with E-state index < -0.39 is 0 Å². The van der Waals surface area contributed by atoms with Crippen LogP contribution in [0, 0.1) is 12.7 Å². The maximum Gasteiger partial charge on any atom is 0.128 e. The number of halogens is 1. The minimum atomic E-state index is -0.181. The normalized spacial score (nSPS) is 10.4. The van der Waals surface area contributed by atoms with Crippen molar-refractivity contribution in [1.82, 2.24) is 0 Å². The molecule has 2 aromatic rings. The van der Waals surface area contributed by atoms with Crippen LogP contribution in [0.4, 0.5) is 10.1 Å². The molecule has 0 aromatic heterocycles. The number of hydrogen-bond acceptors (Lipinski definition) is 2. The van der Waals surface area contributed by atoms with E-state index in [2.05, 4.69) is 12.2 Å². The zero-order valence-electron chi connectivity index (χ0n) is 12.7. The average molecular weight is 287 g/mol. The van der Waals surface area contributed by atoms with Gasteiger partial charge < -0.3 is 10.1 Å². The van der Waals surface area contributed by atoms with Crippen LogP contribution < -0.4 is 10.1 Å². The van der Waals surface area contributed by atoms with Crippen molar-refractivity contribution in [1.29, 1.82) is 0 Å². The molecule has 0 aliphatic heterocycles. The highest BCUT2D eigenvalue weighted by atomic mass is 19.1. The van der Waals surface area contributed by atoms with E-state index >= 15 is 0 Å². The summed E-state index contributed by atoms with van der Waals surface area (Å²) >= 11 is 0. The Bertz CT molecular complexity index is 566. The second-order valence-electron chi connectivity index (χ2n) is 5.11. The third-order valence-electron chi connectivity index (χ3n) is 3.44. The van der Waals surface area contributed by atoms with Crippen molar-refractivity contribution in [3.05, 3.63) is 59.4 Å². The van der Waals surface area contributed by atoms with Crippen molar-refractivity contribution in [3.63, 3.8) is 0 Å². The van der Waals surface area contributed by atoms with Crippen LogP contribution >= 0.6 is 0 Å². The number of hydrogen-bond donors (Lipinski definition) is 1. The molecule has 0 unspecified atom stereocenters. The molecule has 1 N–H and O–H groups in total. The van der Waals surface area contributed by atoms with Gasteiger partial charge in [0.05, 0.1) is 6.61 Å². The predicted octanol–water partition coefficient (Wildman–Crippen LogP) is 4.93. The fourth-order valence-electron chi connectivity index (χ4n) is 2.03. The van der Waals surface area contributed by atoms with Crippen LogP contribution in [0.15, 0.2) is 42.5 Å². The average Bonchev–Trinajstić information content (AvgIpc) is 2.50. The minimum absolute atomic E-state index is 0.181. The molecular formula is C18H22FNO. The molecule has 0 aliphatic rings. The van der Waals surface area contributed by atoms with Crippen LogP contribution in [0.1, 0.15) is 30.9 Å². The molecule has 0 fully saturated rings. The molecule has 0 amide bonds. The fraction of sp³-hybridized carbons (Fsp3) is 0.333. The summed E-state index contributed by atoms with van der Waals surface area (Å²) in [6.45, 7) is 5.35. The lowest BCUT2D eigenvalue weighted by Gasteiger charge is -2.11. The van der Waals surface area contributed by atoms with E-state index in [1.165, 1.54) is 6.07 Å². The molecule has 0 radical (unpaired) electrons. The largest absolute Gasteiger partial charge is 0.494 e. The Hall–Kier alpha value is -2.03. The van der Waals surface area contributed by atoms with Gasteiger partial charge in [-0.15, -0.1) is 0 Å². The summed E-state index contributed by atoms with van der Waals surface area (Å²) in [5, 5.41) is 3.26. The van der Waals surface area contributed by atoms with Crippen molar-refractivity contribution in [2.45, 2.75) is 33.2 Å². The Balaban J connectivity index is 1.90. The standard InChI is InChI=1S/C18H22FNO/c1-3-4-12-21-16-10-8-15(9-11-16)13-20-18-7-5-6-17(19)14(18)2/h5-11,20H,3-4,12-13H2,1-2H3. The highest BCUT2D eigenvalue weighted by Crippen LogP contribution is 2.19. The maximum absolute atomic E-state index is 13.4. The predicted molar refractivity (Wildman–Crippen MR) is 85.3 cm³/mol. The summed E-state index contributed by atoms with van der Waals surface area (Å²) in [5.41, 5.74) is 2.62. The Morgan fingerprint density at radius 1 is 1.10 bits per heavy atom. The van der Waals surface area contributed by atoms with Crippen LogP contribution in [0.5, 0.6) is 5.75 Å². The van der Waals surface area contributed by atoms with Gasteiger partial charge in [0.2, 0.25) is 0 Å². The summed E-state index contributed by atoms with van der Waals surface area (Å²) in [7, 11) is 0. The minimum Gasteiger partial charge on any atom is -0.494 e. The SMILES string of the molecule is CCCCOc1ccc(CNc2cccc(F)c2C)cc1. The first-order chi connectivity index (χ1) is 10.2. The van der Waals surface area contributed by atoms with Crippen LogP contribution in [0.3, 0.4) is 0 Å². The van der Waals surface area contributed by atoms with Crippen LogP contribution in [-0.2, 0) is 6.54 Å². The van der Waals surface area contributed by atoms with E-state index in [1.807, 2.05) is 30.3 Å². The van der Waals surface area contributed by atoms with Gasteiger partial charge in [-0.3, -0.25) is 0 Å². The molecule has 0 heterocycles. The van der Waals surface area contributed by atoms with E-state index in [9.17, 15) is 4.39 Å². The van der Waals surface area contributed by atoms with E-state index in [4.69, 9.17) is 4.74 Å². The second kappa shape index (κ2) is 7.67. The molecule has 0 spiro atoms. The number of ether oxygens (including phenoxy) is 1. The van der Waals surface area contributed by atoms with E-state index in [0.717, 1.165) is 36.4 Å². The number of benzene rings is 2. The summed E-state index contributed by atoms with van der Waals surface area (Å²) in [6, 6.07) is 13.1. The molecule has 21 heavy (non-hydrogen) atoms. The second-order valence-corrected chi connectivity index (χ2v) is 5.11. The molecule has 2 rings (SSSR count). The molecule has 112 valence electrons. The molecule has 0 saturated carbocycles. The van der Waals surface area contributed by atoms with Gasteiger partial charge in [-0.25, -0.2) is 4.39 Å². The molecular weight excluding hydrogens is 265 g/mol. The third-order valence-corrected chi connectivity index (χ3v) is 3.44. The monoisotopic (exact) mass is 287 g/mol. The lowest BCUT2D eigenvalue weighted by molar-refractivity contribution is 0.309. The Kier molecular flexibility index (Phi) is 5.61. The Morgan fingerprint density at radius 2 is 1.86 bits per heavy atom. The van der Waals surface area contributed by atoms with Crippen LogP contribution in [0.2, 0.25) is 0 Å². The van der Waals surface area contributed by atoms with E-state index in [-0.39, 0.29) is 5.82 Å². The first kappa shape index (κ1) is 15.4. The summed E-state index contributed by atoms with van der Waals surface area (Å²) in [5.74, 6) is 0.716. The Morgan fingerprint density at radius 3 is 2.57 bits per heavy atom. The highest BCUT2D eigenvalue weighted by molar-refractivity contribution is 5.51. The summed E-state index contributed by atoms with van der Waals surface area (Å²) in [4.78, 5) is 0. The van der Waals surface area contributed by atoms with Crippen LogP contribution in [-0.4, -0.2) is 6.61 Å². The quantitative estimate of drug-likeness (QED) is 0.729. The fourth-order valence-corrected chi connectivity index (χ4v) is 2.03. The number of anilines is 1. The topological polar surface area (TPSA) is 21.3 Å². The first-order valence-corrected chi connectivity index (χ1v) is 7.41. The molecule has 0 atom stereocenters. The lowest BCUT2D eigenvalue weighted by atomic mass is 10.1. The van der Waals surface area contributed by atoms with E-state index in [1.54, 1.807) is 13.0 Å². The zero-order chi connectivity index (χ0) is 15.1. The van der Waals surface area contributed by atoms with Crippen LogP contribution in [0.25, 0.3) is 0 Å². The zero-order valence-corrected chi connectivity index (χ0v) is 12.7. The van der Waals surface area contributed by atoms with E-state index in [0.29, 0.717) is 12.1 Å². The molecule has 0 saturated heterocycles. The van der Waals surface area contributed by atoms with Crippen molar-refractivity contribution < 1.29 is 9.13 Å². The van der Waals surface area contributed by atoms with Gasteiger partial charge >= 0.3 is 0 Å². The van der Waals surface area contributed by atoms with Gasteiger partial charge in [-0.1, -0.05) is 31.5 Å². The highest BCUT2D eigenvalue weighted by Gasteiger charge is 2.03. The molecule has 0 bridgehead atoms. The van der Waals surface area contributed by atoms with Gasteiger partial charge in [0.1, 0.15) is 11.6 Å². The number of unbranched alkanes of at least 4 members (excludes halogenated alkanes) is 1. The molecule has 3 heteroatoms. The van der Waals surface area contributed by atoms with Gasteiger partial charge in [0.15, 0.2) is 0 Å². The van der Waals surface area contributed by atoms with Crippen molar-refractivity contribution >= 4 is 5.69 Å². The third kappa shape index (κ3) is 4.48. The van der Waals surface area contributed by atoms with Crippen molar-refractivity contribution in [2.24, 2.45) is 0 Å². The Labute approximate surface area is 126 Å². The van der Waals surface area contributed by atoms with Gasteiger partial charge in [0.25, 0.3) is 0 Å². The number of nitrogens with one attached hydrogen (secondary N) is 1. The molecule has 2 nitrogen and oxygen atoms in total. The summed E-state index contributed by atoms with van der Waals surface area (Å²) < 4.78 is 19.1. The van der Waals surface area contributed by atoms with Gasteiger partial charge in [0, 0.05) is 17.8 Å². The van der Waals surface area contributed by atoms with Crippen molar-refractivity contribution in [3.8, 4) is 5.75 Å².